The minimum absolute atomic E-state index is 0.168. The van der Waals surface area contributed by atoms with Crippen molar-refractivity contribution in [3.63, 3.8) is 0 Å². The Balaban J connectivity index is 2.14. The molecule has 0 aliphatic carbocycles. The van der Waals surface area contributed by atoms with Gasteiger partial charge >= 0.3 is 5.82 Å². The Hall–Kier alpha value is -2.54. The lowest BCUT2D eigenvalue weighted by molar-refractivity contribution is -0.388. The number of fused-ring (bicyclic) bond motifs is 1. The second kappa shape index (κ2) is 5.02. The lowest BCUT2D eigenvalue weighted by Gasteiger charge is -2.17. The second-order valence-corrected chi connectivity index (χ2v) is 11.3. The molecule has 3 rings (SSSR count). The van der Waals surface area contributed by atoms with Crippen LogP contribution in [0.15, 0.2) is 36.4 Å². The molecule has 0 spiro atoms. The molecule has 1 N–H and O–H groups in total. The number of nitrogens with zero attached hydrogens (tertiary/aromatic N) is 3. The average molecular weight is 312 g/mol. The summed E-state index contributed by atoms with van der Waals surface area (Å²) < 4.78 is 0. The molecule has 0 amide bonds. The van der Waals surface area contributed by atoms with Gasteiger partial charge in [0, 0.05) is 5.56 Å². The van der Waals surface area contributed by atoms with Gasteiger partial charge in [-0.1, -0.05) is 54.2 Å². The van der Waals surface area contributed by atoms with Gasteiger partial charge in [0.2, 0.25) is 0 Å². The van der Waals surface area contributed by atoms with Crippen LogP contribution in [0.3, 0.4) is 0 Å². The summed E-state index contributed by atoms with van der Waals surface area (Å²) >= 11 is 0. The van der Waals surface area contributed by atoms with Gasteiger partial charge in [0.25, 0.3) is 0 Å². The van der Waals surface area contributed by atoms with Crippen molar-refractivity contribution in [2.24, 2.45) is 0 Å². The van der Waals surface area contributed by atoms with Crippen molar-refractivity contribution in [1.82, 2.24) is 15.2 Å². The molecule has 0 radical (unpaired) electrons. The summed E-state index contributed by atoms with van der Waals surface area (Å²) in [6, 6.07) is 11.8. The third-order valence-corrected chi connectivity index (χ3v) is 5.63. The first-order valence-corrected chi connectivity index (χ1v) is 10.5. The Bertz CT molecular complexity index is 867. The zero-order chi connectivity index (χ0) is 15.9. The number of hydrogen-bond donors (Lipinski definition) is 1. The van der Waals surface area contributed by atoms with E-state index in [0.717, 1.165) is 11.3 Å². The maximum Gasteiger partial charge on any atom is 0.369 e. The van der Waals surface area contributed by atoms with Crippen LogP contribution in [0, 0.1) is 10.1 Å². The monoisotopic (exact) mass is 312 g/mol. The first kappa shape index (κ1) is 14.4. The molecule has 0 fully saturated rings. The Morgan fingerprint density at radius 3 is 2.64 bits per heavy atom. The number of nitro groups is 1. The van der Waals surface area contributed by atoms with Crippen LogP contribution < -0.4 is 5.19 Å². The lowest BCUT2D eigenvalue weighted by Crippen LogP contribution is -2.37. The van der Waals surface area contributed by atoms with Gasteiger partial charge in [0.05, 0.1) is 13.8 Å². The van der Waals surface area contributed by atoms with E-state index in [9.17, 15) is 10.1 Å². The van der Waals surface area contributed by atoms with Crippen molar-refractivity contribution in [2.45, 2.75) is 19.6 Å². The van der Waals surface area contributed by atoms with E-state index < -0.39 is 13.0 Å². The van der Waals surface area contributed by atoms with Crippen molar-refractivity contribution < 1.29 is 4.92 Å². The Labute approximate surface area is 128 Å². The summed E-state index contributed by atoms with van der Waals surface area (Å²) in [5, 5.41) is 18.7. The molecule has 6 nitrogen and oxygen atoms in total. The quantitative estimate of drug-likeness (QED) is 0.457. The van der Waals surface area contributed by atoms with Crippen LogP contribution in [-0.2, 0) is 0 Å². The van der Waals surface area contributed by atoms with Crippen molar-refractivity contribution in [3.8, 4) is 11.3 Å². The number of benzene rings is 1. The number of rotatable bonds is 3. The molecule has 0 aliphatic heterocycles. The number of aromatic amines is 1. The molecule has 2 aromatic heterocycles. The number of pyridine rings is 1. The fraction of sp³-hybridized carbons (Fsp3) is 0.200. The highest BCUT2D eigenvalue weighted by Gasteiger charge is 2.19. The third-order valence-electron chi connectivity index (χ3n) is 3.59. The third kappa shape index (κ3) is 2.50. The predicted molar refractivity (Wildman–Crippen MR) is 89.0 cm³/mol. The van der Waals surface area contributed by atoms with Crippen molar-refractivity contribution in [3.05, 3.63) is 46.5 Å². The molecule has 3 aromatic rings. The van der Waals surface area contributed by atoms with Crippen LogP contribution >= 0.6 is 0 Å². The molecule has 7 heteroatoms. The molecule has 0 saturated heterocycles. The number of H-pyrrole nitrogens is 1. The summed E-state index contributed by atoms with van der Waals surface area (Å²) in [7, 11) is -1.42. The van der Waals surface area contributed by atoms with E-state index >= 15 is 0 Å². The SMILES string of the molecule is C[Si](C)(C)c1cccc(-c2ccc3n[nH]c([N+](=O)[O-])c3n2)c1. The largest absolute Gasteiger partial charge is 0.369 e. The fourth-order valence-electron chi connectivity index (χ4n) is 2.32. The van der Waals surface area contributed by atoms with Crippen molar-refractivity contribution >= 4 is 30.1 Å². The molecule has 22 heavy (non-hydrogen) atoms. The fourth-order valence-corrected chi connectivity index (χ4v) is 3.50. The van der Waals surface area contributed by atoms with E-state index in [1.165, 1.54) is 5.19 Å². The predicted octanol–water partition coefficient (Wildman–Crippen LogP) is 3.08. The summed E-state index contributed by atoms with van der Waals surface area (Å²) in [4.78, 5) is 14.9. The molecular weight excluding hydrogens is 296 g/mol. The topological polar surface area (TPSA) is 84.7 Å². The van der Waals surface area contributed by atoms with Gasteiger partial charge in [0.1, 0.15) is 5.52 Å². The van der Waals surface area contributed by atoms with Crippen LogP contribution in [0.25, 0.3) is 22.3 Å². The maximum absolute atomic E-state index is 11.0. The van der Waals surface area contributed by atoms with Gasteiger partial charge in [-0.2, -0.15) is 0 Å². The van der Waals surface area contributed by atoms with Crippen LogP contribution in [0.4, 0.5) is 5.82 Å². The highest BCUT2D eigenvalue weighted by molar-refractivity contribution is 6.88. The summed E-state index contributed by atoms with van der Waals surface area (Å²) in [5.41, 5.74) is 2.48. The highest BCUT2D eigenvalue weighted by atomic mass is 28.3. The number of aromatic nitrogens is 3. The van der Waals surface area contributed by atoms with Gasteiger partial charge in [-0.25, -0.2) is 4.98 Å². The second-order valence-electron chi connectivity index (χ2n) is 6.22. The molecule has 112 valence electrons. The summed E-state index contributed by atoms with van der Waals surface area (Å²) in [5.74, 6) is -0.168. The van der Waals surface area contributed by atoms with Gasteiger partial charge in [-0.15, -0.1) is 5.10 Å². The molecule has 0 atom stereocenters. The zero-order valence-electron chi connectivity index (χ0n) is 12.6. The first-order chi connectivity index (χ1) is 10.4. The zero-order valence-corrected chi connectivity index (χ0v) is 13.6. The molecule has 0 saturated carbocycles. The molecule has 1 aromatic carbocycles. The van der Waals surface area contributed by atoms with E-state index in [1.807, 2.05) is 18.2 Å². The molecule has 2 heterocycles. The number of hydrogen-bond acceptors (Lipinski definition) is 4. The van der Waals surface area contributed by atoms with Crippen LogP contribution in [-0.4, -0.2) is 28.2 Å². The number of nitrogens with one attached hydrogen (secondary N) is 1. The Morgan fingerprint density at radius 1 is 1.18 bits per heavy atom. The highest BCUT2D eigenvalue weighted by Crippen LogP contribution is 2.24. The van der Waals surface area contributed by atoms with Crippen LogP contribution in [0.1, 0.15) is 0 Å². The van der Waals surface area contributed by atoms with Gasteiger partial charge in [-0.05, 0) is 17.1 Å². The van der Waals surface area contributed by atoms with Gasteiger partial charge in [-0.3, -0.25) is 0 Å². The Morgan fingerprint density at radius 2 is 1.95 bits per heavy atom. The van der Waals surface area contributed by atoms with E-state index in [1.54, 1.807) is 6.07 Å². The summed E-state index contributed by atoms with van der Waals surface area (Å²) in [6.07, 6.45) is 0. The van der Waals surface area contributed by atoms with Crippen molar-refractivity contribution in [1.29, 1.82) is 0 Å². The lowest BCUT2D eigenvalue weighted by atomic mass is 10.1. The van der Waals surface area contributed by atoms with E-state index in [4.69, 9.17) is 0 Å². The van der Waals surface area contributed by atoms with Gasteiger partial charge in [0.15, 0.2) is 5.52 Å². The first-order valence-electron chi connectivity index (χ1n) is 6.97. The van der Waals surface area contributed by atoms with Crippen LogP contribution in [0.2, 0.25) is 19.6 Å². The normalized spacial score (nSPS) is 11.8. The molecule has 0 bridgehead atoms. The van der Waals surface area contributed by atoms with E-state index in [-0.39, 0.29) is 5.82 Å². The maximum atomic E-state index is 11.0. The minimum Gasteiger partial charge on any atom is -0.358 e. The standard InChI is InChI=1S/C15H16N4O2Si/c1-22(2,3)11-6-4-5-10(9-11)12-7-8-13-14(16-12)15(18-17-13)19(20)21/h4-9H,1-3H3,(H,17,18). The van der Waals surface area contributed by atoms with E-state index in [2.05, 4.69) is 47.0 Å². The smallest absolute Gasteiger partial charge is 0.358 e. The van der Waals surface area contributed by atoms with E-state index in [0.29, 0.717) is 11.0 Å². The Kier molecular flexibility index (Phi) is 3.29. The molecule has 0 unspecified atom stereocenters. The average Bonchev–Trinajstić information content (AvgIpc) is 2.89. The molecular formula is C15H16N4O2Si. The van der Waals surface area contributed by atoms with Gasteiger partial charge < -0.3 is 10.1 Å². The summed E-state index contributed by atoms with van der Waals surface area (Å²) in [6.45, 7) is 6.84. The minimum atomic E-state index is -1.42. The van der Waals surface area contributed by atoms with Crippen molar-refractivity contribution in [2.75, 3.05) is 0 Å². The van der Waals surface area contributed by atoms with Crippen LogP contribution in [0.5, 0.6) is 0 Å². The molecule has 0 aliphatic rings.